The molecule has 27 heavy (non-hydrogen) atoms. The summed E-state index contributed by atoms with van der Waals surface area (Å²) in [5, 5.41) is 4.70. The Morgan fingerprint density at radius 3 is 2.67 bits per heavy atom. The van der Waals surface area contributed by atoms with Crippen LogP contribution in [0.1, 0.15) is 22.2 Å². The minimum Gasteiger partial charge on any atom is -0.465 e. The van der Waals surface area contributed by atoms with E-state index in [0.29, 0.717) is 5.76 Å². The summed E-state index contributed by atoms with van der Waals surface area (Å²) in [5.74, 6) is -0.966. The van der Waals surface area contributed by atoms with Gasteiger partial charge < -0.3 is 14.5 Å². The number of hydrogen-bond acceptors (Lipinski definition) is 5. The summed E-state index contributed by atoms with van der Waals surface area (Å²) in [7, 11) is 0. The van der Waals surface area contributed by atoms with Crippen LogP contribution >= 0.6 is 11.3 Å². The smallest absolute Gasteiger partial charge is 0.331 e. The van der Waals surface area contributed by atoms with Gasteiger partial charge in [-0.25, -0.2) is 9.18 Å². The molecule has 1 amide bonds. The van der Waals surface area contributed by atoms with Gasteiger partial charge in [-0.2, -0.15) is 0 Å². The van der Waals surface area contributed by atoms with Gasteiger partial charge in [-0.15, -0.1) is 11.3 Å². The second-order valence-corrected chi connectivity index (χ2v) is 6.50. The number of benzene rings is 1. The maximum absolute atomic E-state index is 13.2. The third-order valence-corrected chi connectivity index (χ3v) is 4.55. The number of amides is 1. The van der Waals surface area contributed by atoms with Crippen LogP contribution in [0.15, 0.2) is 70.7 Å². The van der Waals surface area contributed by atoms with Gasteiger partial charge in [-0.3, -0.25) is 4.79 Å². The lowest BCUT2D eigenvalue weighted by atomic mass is 10.1. The van der Waals surface area contributed by atoms with E-state index in [9.17, 15) is 14.0 Å². The second kappa shape index (κ2) is 8.95. The molecular weight excluding hydrogens is 369 g/mol. The maximum Gasteiger partial charge on any atom is 0.331 e. The van der Waals surface area contributed by atoms with Gasteiger partial charge in [0.25, 0.3) is 5.91 Å². The van der Waals surface area contributed by atoms with Gasteiger partial charge in [0.2, 0.25) is 0 Å². The molecule has 0 fully saturated rings. The summed E-state index contributed by atoms with van der Waals surface area (Å²) in [6.07, 6.45) is 4.12. The van der Waals surface area contributed by atoms with Crippen LogP contribution in [0.5, 0.6) is 0 Å². The highest BCUT2D eigenvalue weighted by Crippen LogP contribution is 2.26. The first kappa shape index (κ1) is 18.6. The second-order valence-electron chi connectivity index (χ2n) is 5.52. The van der Waals surface area contributed by atoms with Crippen LogP contribution in [-0.2, 0) is 14.3 Å². The molecule has 138 valence electrons. The largest absolute Gasteiger partial charge is 0.465 e. The Kier molecular flexibility index (Phi) is 6.17. The van der Waals surface area contributed by atoms with E-state index in [4.69, 9.17) is 9.15 Å². The lowest BCUT2D eigenvalue weighted by Gasteiger charge is -2.18. The summed E-state index contributed by atoms with van der Waals surface area (Å²) in [4.78, 5) is 24.8. The van der Waals surface area contributed by atoms with E-state index < -0.39 is 24.5 Å². The summed E-state index contributed by atoms with van der Waals surface area (Å²) in [6.45, 7) is -0.426. The van der Waals surface area contributed by atoms with Crippen molar-refractivity contribution >= 4 is 29.3 Å². The van der Waals surface area contributed by atoms with Crippen molar-refractivity contribution in [3.63, 3.8) is 0 Å². The number of halogens is 1. The van der Waals surface area contributed by atoms with Crippen LogP contribution in [0.2, 0.25) is 0 Å². The molecule has 0 saturated carbocycles. The van der Waals surface area contributed by atoms with E-state index in [1.807, 2.05) is 17.5 Å². The van der Waals surface area contributed by atoms with Crippen LogP contribution in [0.4, 0.5) is 4.39 Å². The van der Waals surface area contributed by atoms with Crippen LogP contribution in [-0.4, -0.2) is 18.5 Å². The van der Waals surface area contributed by atoms with Crippen LogP contribution in [0.3, 0.4) is 0 Å². The van der Waals surface area contributed by atoms with Gasteiger partial charge in [-0.05, 0) is 47.4 Å². The van der Waals surface area contributed by atoms with Gasteiger partial charge >= 0.3 is 5.97 Å². The third-order valence-electron chi connectivity index (χ3n) is 3.61. The summed E-state index contributed by atoms with van der Waals surface area (Å²) in [6, 6.07) is 12.6. The number of nitrogens with one attached hydrogen (secondary N) is 1. The van der Waals surface area contributed by atoms with Crippen LogP contribution in [0.25, 0.3) is 6.08 Å². The molecule has 0 unspecified atom stereocenters. The van der Waals surface area contributed by atoms with Crippen molar-refractivity contribution in [3.8, 4) is 0 Å². The number of carbonyl (C=O) groups excluding carboxylic acids is 2. The Morgan fingerprint density at radius 1 is 1.19 bits per heavy atom. The number of carbonyl (C=O) groups is 2. The van der Waals surface area contributed by atoms with Crippen molar-refractivity contribution in [2.45, 2.75) is 6.04 Å². The molecular formula is C20H16FNO4S. The Morgan fingerprint density at radius 2 is 2.00 bits per heavy atom. The first-order chi connectivity index (χ1) is 13.1. The fraction of sp³-hybridized carbons (Fsp3) is 0.100. The van der Waals surface area contributed by atoms with E-state index in [0.717, 1.165) is 10.4 Å². The highest BCUT2D eigenvalue weighted by atomic mass is 32.1. The van der Waals surface area contributed by atoms with Crippen molar-refractivity contribution in [3.05, 3.63) is 88.3 Å². The quantitative estimate of drug-likeness (QED) is 0.494. The van der Waals surface area contributed by atoms with Gasteiger partial charge in [0.15, 0.2) is 6.61 Å². The van der Waals surface area contributed by atoms with E-state index in [1.165, 1.54) is 41.9 Å². The molecule has 1 N–H and O–H groups in total. The summed E-state index contributed by atoms with van der Waals surface area (Å²) in [5.41, 5.74) is 0.733. The van der Waals surface area contributed by atoms with E-state index in [2.05, 4.69) is 5.32 Å². The molecule has 5 nitrogen and oxygen atoms in total. The molecule has 0 radical (unpaired) electrons. The molecule has 3 aromatic rings. The fourth-order valence-corrected chi connectivity index (χ4v) is 3.16. The number of furan rings is 1. The Labute approximate surface area is 159 Å². The van der Waals surface area contributed by atoms with Crippen molar-refractivity contribution in [2.75, 3.05) is 6.61 Å². The lowest BCUT2D eigenvalue weighted by Crippen LogP contribution is -2.32. The number of esters is 1. The van der Waals surface area contributed by atoms with Gasteiger partial charge in [0.05, 0.1) is 12.3 Å². The van der Waals surface area contributed by atoms with Crippen molar-refractivity contribution < 1.29 is 23.1 Å². The van der Waals surface area contributed by atoms with E-state index in [-0.39, 0.29) is 5.82 Å². The molecule has 0 aliphatic rings. The fourth-order valence-electron chi connectivity index (χ4n) is 2.35. The number of thiophene rings is 1. The zero-order valence-corrected chi connectivity index (χ0v) is 14.9. The zero-order chi connectivity index (χ0) is 19.1. The minimum absolute atomic E-state index is 0.354. The number of ether oxygens (including phenoxy) is 1. The first-order valence-corrected chi connectivity index (χ1v) is 8.96. The maximum atomic E-state index is 13.2. The molecule has 0 aliphatic heterocycles. The molecule has 1 atom stereocenters. The van der Waals surface area contributed by atoms with Crippen molar-refractivity contribution in [2.24, 2.45) is 0 Å². The Hall–Kier alpha value is -3.19. The molecule has 0 spiro atoms. The molecule has 1 aromatic carbocycles. The van der Waals surface area contributed by atoms with Crippen LogP contribution in [0, 0.1) is 5.82 Å². The molecule has 3 rings (SSSR count). The number of hydrogen-bond donors (Lipinski definition) is 1. The SMILES string of the molecule is O=C(COC(=O)/C=C/c1ccco1)N[C@@H](c1ccc(F)cc1)c1cccs1. The molecule has 0 bridgehead atoms. The topological polar surface area (TPSA) is 68.5 Å². The van der Waals surface area contributed by atoms with Crippen LogP contribution < -0.4 is 5.32 Å². The Balaban J connectivity index is 1.59. The molecule has 2 heterocycles. The minimum atomic E-state index is -0.656. The average Bonchev–Trinajstić information content (AvgIpc) is 3.37. The predicted octanol–water partition coefficient (Wildman–Crippen LogP) is 3.94. The lowest BCUT2D eigenvalue weighted by molar-refractivity contribution is -0.143. The van der Waals surface area contributed by atoms with Gasteiger partial charge in [0.1, 0.15) is 11.6 Å². The predicted molar refractivity (Wildman–Crippen MR) is 99.4 cm³/mol. The molecule has 0 aliphatic carbocycles. The van der Waals surface area contributed by atoms with E-state index >= 15 is 0 Å². The summed E-state index contributed by atoms with van der Waals surface area (Å²) < 4.78 is 23.2. The standard InChI is InChI=1S/C20H16FNO4S/c21-15-7-5-14(6-8-15)20(17-4-2-12-27-17)22-18(23)13-26-19(24)10-9-16-3-1-11-25-16/h1-12,20H,13H2,(H,22,23)/b10-9+/t20-/m0/s1. The highest BCUT2D eigenvalue weighted by Gasteiger charge is 2.18. The summed E-state index contributed by atoms with van der Waals surface area (Å²) >= 11 is 1.47. The monoisotopic (exact) mass is 385 g/mol. The molecule has 2 aromatic heterocycles. The molecule has 7 heteroatoms. The highest BCUT2D eigenvalue weighted by molar-refractivity contribution is 7.10. The Bertz CT molecular complexity index is 902. The van der Waals surface area contributed by atoms with Crippen molar-refractivity contribution in [1.82, 2.24) is 5.32 Å². The number of rotatable bonds is 7. The van der Waals surface area contributed by atoms with Gasteiger partial charge in [0, 0.05) is 11.0 Å². The van der Waals surface area contributed by atoms with Crippen molar-refractivity contribution in [1.29, 1.82) is 0 Å². The molecule has 0 saturated heterocycles. The average molecular weight is 385 g/mol. The van der Waals surface area contributed by atoms with Gasteiger partial charge in [-0.1, -0.05) is 18.2 Å². The van der Waals surface area contributed by atoms with E-state index in [1.54, 1.807) is 24.3 Å². The third kappa shape index (κ3) is 5.39. The first-order valence-electron chi connectivity index (χ1n) is 8.08. The zero-order valence-electron chi connectivity index (χ0n) is 14.1. The normalized spacial score (nSPS) is 12.0.